The summed E-state index contributed by atoms with van der Waals surface area (Å²) < 4.78 is 0. The molecule has 10 heavy (non-hydrogen) atoms. The minimum Gasteiger partial charge on any atom is -0.395 e. The van der Waals surface area contributed by atoms with Gasteiger partial charge in [0.05, 0.1) is 6.61 Å². The highest BCUT2D eigenvalue weighted by atomic mass is 127. The minimum atomic E-state index is 0. The molecule has 0 bridgehead atoms. The quantitative estimate of drug-likeness (QED) is 0.749. The van der Waals surface area contributed by atoms with Crippen molar-refractivity contribution in [1.82, 2.24) is 4.90 Å². The molecular weight excluding hydrogens is 241 g/mol. The summed E-state index contributed by atoms with van der Waals surface area (Å²) in [6.45, 7) is 4.24. The molecule has 60 valence electrons. The van der Waals surface area contributed by atoms with Crippen molar-refractivity contribution >= 4 is 24.0 Å². The Morgan fingerprint density at radius 3 is 2.80 bits per heavy atom. The van der Waals surface area contributed by atoms with Gasteiger partial charge >= 0.3 is 0 Å². The number of halogens is 1. The molecule has 0 aromatic heterocycles. The monoisotopic (exact) mass is 255 g/mol. The van der Waals surface area contributed by atoms with E-state index in [4.69, 9.17) is 5.11 Å². The van der Waals surface area contributed by atoms with Crippen LogP contribution in [0.3, 0.4) is 0 Å². The highest BCUT2D eigenvalue weighted by Gasteiger charge is 2.08. The van der Waals surface area contributed by atoms with E-state index in [-0.39, 0.29) is 30.6 Å². The van der Waals surface area contributed by atoms with Gasteiger partial charge in [-0.1, -0.05) is 6.08 Å². The number of hydrogen-bond donors (Lipinski definition) is 1. The minimum absolute atomic E-state index is 0. The van der Waals surface area contributed by atoms with Crippen molar-refractivity contribution in [3.63, 3.8) is 0 Å². The summed E-state index contributed by atoms with van der Waals surface area (Å²) in [5.74, 6) is 0. The summed E-state index contributed by atoms with van der Waals surface area (Å²) in [5.41, 5.74) is 1.31. The van der Waals surface area contributed by atoms with E-state index in [1.54, 1.807) is 0 Å². The molecule has 0 fully saturated rings. The molecule has 0 radical (unpaired) electrons. The van der Waals surface area contributed by atoms with Gasteiger partial charge in [-0.15, -0.1) is 24.0 Å². The van der Waals surface area contributed by atoms with Crippen LogP contribution < -0.4 is 0 Å². The summed E-state index contributed by atoms with van der Waals surface area (Å²) in [6.07, 6.45) is 3.35. The van der Waals surface area contributed by atoms with Crippen molar-refractivity contribution < 1.29 is 5.11 Å². The third kappa shape index (κ3) is 2.46. The molecule has 0 amide bonds. The Kier molecular flexibility index (Phi) is 5.07. The van der Waals surface area contributed by atoms with Crippen LogP contribution in [-0.2, 0) is 0 Å². The summed E-state index contributed by atoms with van der Waals surface area (Å²) in [7, 11) is 0. The molecule has 1 aliphatic heterocycles. The van der Waals surface area contributed by atoms with Crippen LogP contribution in [0.5, 0.6) is 0 Å². The van der Waals surface area contributed by atoms with Gasteiger partial charge in [0.2, 0.25) is 0 Å². The maximum absolute atomic E-state index is 8.58. The van der Waals surface area contributed by atoms with Gasteiger partial charge in [0.25, 0.3) is 0 Å². The van der Waals surface area contributed by atoms with Crippen LogP contribution in [-0.4, -0.2) is 29.7 Å². The molecule has 1 N–H and O–H groups in total. The van der Waals surface area contributed by atoms with Gasteiger partial charge in [-0.3, -0.25) is 0 Å². The molecule has 1 rings (SSSR count). The smallest absolute Gasteiger partial charge is 0.0606 e. The average molecular weight is 255 g/mol. The topological polar surface area (TPSA) is 23.5 Å². The second-order valence-electron chi connectivity index (χ2n) is 2.34. The maximum Gasteiger partial charge on any atom is 0.0606 e. The molecule has 0 aromatic rings. The highest BCUT2D eigenvalue weighted by molar-refractivity contribution is 14.0. The van der Waals surface area contributed by atoms with Gasteiger partial charge in [-0.05, 0) is 13.3 Å². The first kappa shape index (κ1) is 10.2. The van der Waals surface area contributed by atoms with Crippen molar-refractivity contribution in [2.75, 3.05) is 19.7 Å². The second-order valence-corrected chi connectivity index (χ2v) is 2.34. The Hall–Kier alpha value is 0.230. The highest BCUT2D eigenvalue weighted by Crippen LogP contribution is 2.11. The first-order valence-electron chi connectivity index (χ1n) is 3.37. The molecule has 0 atom stereocenters. The molecular formula is C7H14INO. The van der Waals surface area contributed by atoms with Crippen LogP contribution in [0.25, 0.3) is 0 Å². The van der Waals surface area contributed by atoms with E-state index in [9.17, 15) is 0 Å². The van der Waals surface area contributed by atoms with E-state index in [2.05, 4.69) is 17.9 Å². The number of aliphatic hydroxyl groups excluding tert-OH is 1. The van der Waals surface area contributed by atoms with Crippen LogP contribution in [0, 0.1) is 0 Å². The van der Waals surface area contributed by atoms with Gasteiger partial charge in [0, 0.05) is 18.8 Å². The third-order valence-corrected chi connectivity index (χ3v) is 1.71. The zero-order chi connectivity index (χ0) is 6.69. The maximum atomic E-state index is 8.58. The van der Waals surface area contributed by atoms with Crippen LogP contribution in [0.2, 0.25) is 0 Å². The van der Waals surface area contributed by atoms with Crippen LogP contribution >= 0.6 is 24.0 Å². The zero-order valence-corrected chi connectivity index (χ0v) is 8.54. The zero-order valence-electron chi connectivity index (χ0n) is 6.21. The number of rotatable bonds is 2. The molecule has 0 spiro atoms. The molecule has 0 aliphatic carbocycles. The van der Waals surface area contributed by atoms with Gasteiger partial charge < -0.3 is 10.0 Å². The van der Waals surface area contributed by atoms with Gasteiger partial charge in [-0.2, -0.15) is 0 Å². The summed E-state index contributed by atoms with van der Waals surface area (Å²) in [5, 5.41) is 8.58. The fraction of sp³-hybridized carbons (Fsp3) is 0.714. The Morgan fingerprint density at radius 1 is 1.70 bits per heavy atom. The van der Waals surface area contributed by atoms with E-state index in [0.29, 0.717) is 0 Å². The van der Waals surface area contributed by atoms with Crippen molar-refractivity contribution in [2.24, 2.45) is 0 Å². The number of nitrogens with zero attached hydrogens (tertiary/aromatic N) is 1. The largest absolute Gasteiger partial charge is 0.395 e. The third-order valence-electron chi connectivity index (χ3n) is 1.71. The van der Waals surface area contributed by atoms with Gasteiger partial charge in [-0.25, -0.2) is 0 Å². The Balaban J connectivity index is 0.000000810. The molecule has 0 saturated carbocycles. The average Bonchev–Trinajstić information content (AvgIpc) is 2.18. The summed E-state index contributed by atoms with van der Waals surface area (Å²) in [4.78, 5) is 2.19. The van der Waals surface area contributed by atoms with Crippen molar-refractivity contribution in [3.05, 3.63) is 11.8 Å². The number of β-amino-alcohol motifs (C(OH)–C–C–N with tert-alkyl or cyclic N) is 1. The molecule has 0 saturated heterocycles. The van der Waals surface area contributed by atoms with Crippen molar-refractivity contribution in [2.45, 2.75) is 13.3 Å². The first-order valence-corrected chi connectivity index (χ1v) is 3.37. The number of hydrogen-bond acceptors (Lipinski definition) is 2. The predicted molar refractivity (Wildman–Crippen MR) is 52.4 cm³/mol. The molecule has 2 nitrogen and oxygen atoms in total. The summed E-state index contributed by atoms with van der Waals surface area (Å²) in [6, 6.07) is 0. The van der Waals surface area contributed by atoms with Gasteiger partial charge in [0.1, 0.15) is 0 Å². The molecule has 1 heterocycles. The lowest BCUT2D eigenvalue weighted by molar-refractivity contribution is 0.235. The normalized spacial score (nSPS) is 16.6. The van der Waals surface area contributed by atoms with E-state index < -0.39 is 0 Å². The second kappa shape index (κ2) is 4.96. The Morgan fingerprint density at radius 2 is 2.40 bits per heavy atom. The van der Waals surface area contributed by atoms with Crippen LogP contribution in [0.1, 0.15) is 13.3 Å². The molecule has 1 aliphatic rings. The molecule has 0 aromatic carbocycles. The van der Waals surface area contributed by atoms with E-state index in [0.717, 1.165) is 19.5 Å². The van der Waals surface area contributed by atoms with Crippen LogP contribution in [0.15, 0.2) is 11.8 Å². The lowest BCUT2D eigenvalue weighted by Crippen LogP contribution is -2.21. The number of aliphatic hydroxyl groups is 1. The van der Waals surface area contributed by atoms with E-state index in [1.165, 1.54) is 5.70 Å². The van der Waals surface area contributed by atoms with Crippen molar-refractivity contribution in [3.8, 4) is 0 Å². The lowest BCUT2D eigenvalue weighted by atomic mass is 10.4. The van der Waals surface area contributed by atoms with Gasteiger partial charge in [0.15, 0.2) is 0 Å². The Labute approximate surface area is 78.9 Å². The first-order chi connectivity index (χ1) is 4.34. The van der Waals surface area contributed by atoms with Crippen LogP contribution in [0.4, 0.5) is 0 Å². The predicted octanol–water partition coefficient (Wildman–Crippen LogP) is 1.21. The fourth-order valence-electron chi connectivity index (χ4n) is 1.14. The molecule has 3 heteroatoms. The van der Waals surface area contributed by atoms with Crippen molar-refractivity contribution in [1.29, 1.82) is 0 Å². The molecule has 0 unspecified atom stereocenters. The Bertz CT molecular complexity index is 125. The standard InChI is InChI=1S/C7H13NO.HI/c1-7-3-2-4-8(7)5-6-9;/h3,9H,2,4-6H2,1H3;1H. The van der Waals surface area contributed by atoms with E-state index in [1.807, 2.05) is 0 Å². The van der Waals surface area contributed by atoms with E-state index >= 15 is 0 Å². The SMILES string of the molecule is CC1=CCCN1CCO.I. The fourth-order valence-corrected chi connectivity index (χ4v) is 1.14. The summed E-state index contributed by atoms with van der Waals surface area (Å²) >= 11 is 0. The number of allylic oxidation sites excluding steroid dienone is 1. The lowest BCUT2D eigenvalue weighted by Gasteiger charge is -2.17.